The number of oxazole rings is 1. The minimum Gasteiger partial charge on any atom is -0.440 e. The van der Waals surface area contributed by atoms with Crippen LogP contribution in [0.1, 0.15) is 47.3 Å². The highest BCUT2D eigenvalue weighted by Crippen LogP contribution is 2.42. The third-order valence-electron chi connectivity index (χ3n) is 7.44. The molecule has 1 aromatic carbocycles. The molecule has 34 heavy (non-hydrogen) atoms. The predicted molar refractivity (Wildman–Crippen MR) is 134 cm³/mol. The second kappa shape index (κ2) is 8.59. The number of morpholine rings is 1. The van der Waals surface area contributed by atoms with Gasteiger partial charge in [-0.1, -0.05) is 12.1 Å². The molecule has 1 atom stereocenters. The summed E-state index contributed by atoms with van der Waals surface area (Å²) in [7, 11) is 0. The number of benzene rings is 1. The lowest BCUT2D eigenvalue weighted by molar-refractivity contribution is 0.0331. The van der Waals surface area contributed by atoms with Gasteiger partial charge in [0.1, 0.15) is 22.0 Å². The van der Waals surface area contributed by atoms with Crippen molar-refractivity contribution in [3.8, 4) is 0 Å². The van der Waals surface area contributed by atoms with Gasteiger partial charge < -0.3 is 14.1 Å². The van der Waals surface area contributed by atoms with E-state index in [2.05, 4.69) is 9.80 Å². The monoisotopic (exact) mass is 475 g/mol. The van der Waals surface area contributed by atoms with Gasteiger partial charge in [0, 0.05) is 31.1 Å². The number of hydrogen-bond donors (Lipinski definition) is 0. The smallest absolute Gasteiger partial charge is 0.200 e. The first kappa shape index (κ1) is 20.8. The van der Waals surface area contributed by atoms with E-state index in [9.17, 15) is 0 Å². The van der Waals surface area contributed by atoms with Crippen LogP contribution in [0.15, 0.2) is 28.7 Å². The SMILES string of the molecule is c1ccc2oc(C3CCCN(c4nc(CN5CCOCC5)nc5sc6c(c45)CCC6)C3)nc2c1. The Bertz CT molecular complexity index is 1310. The zero-order chi connectivity index (χ0) is 22.5. The van der Waals surface area contributed by atoms with Gasteiger partial charge in [0.15, 0.2) is 11.5 Å². The molecule has 1 aliphatic carbocycles. The van der Waals surface area contributed by atoms with E-state index < -0.39 is 0 Å². The number of para-hydroxylation sites is 2. The number of nitrogens with zero attached hydrogens (tertiary/aromatic N) is 5. The molecule has 1 unspecified atom stereocenters. The molecule has 0 saturated carbocycles. The third kappa shape index (κ3) is 3.68. The maximum atomic E-state index is 6.18. The molecule has 5 heterocycles. The Morgan fingerprint density at radius 3 is 2.82 bits per heavy atom. The first-order chi connectivity index (χ1) is 16.8. The standard InChI is InChI=1S/C26H29N5O2S/c1-2-8-20-19(7-1)27-25(33-20)17-5-4-10-31(15-17)24-23-18-6-3-9-21(18)34-26(23)29-22(28-24)16-30-11-13-32-14-12-30/h1-2,7-8,17H,3-6,9-16H2. The van der Waals surface area contributed by atoms with Crippen LogP contribution >= 0.6 is 11.3 Å². The Morgan fingerprint density at radius 2 is 1.91 bits per heavy atom. The maximum absolute atomic E-state index is 6.18. The fourth-order valence-corrected chi connectivity index (χ4v) is 6.99. The largest absolute Gasteiger partial charge is 0.440 e. The van der Waals surface area contributed by atoms with Crippen molar-refractivity contribution in [3.05, 3.63) is 46.4 Å². The fraction of sp³-hybridized carbons (Fsp3) is 0.500. The van der Waals surface area contributed by atoms with Crippen LogP contribution in [0, 0.1) is 0 Å². The molecule has 3 aromatic heterocycles. The van der Waals surface area contributed by atoms with Crippen LogP contribution in [0.3, 0.4) is 0 Å². The van der Waals surface area contributed by atoms with Gasteiger partial charge in [0.05, 0.1) is 31.1 Å². The summed E-state index contributed by atoms with van der Waals surface area (Å²) in [5.41, 5.74) is 3.32. The maximum Gasteiger partial charge on any atom is 0.200 e. The quantitative estimate of drug-likeness (QED) is 0.429. The van der Waals surface area contributed by atoms with Crippen molar-refractivity contribution in [3.63, 3.8) is 0 Å². The van der Waals surface area contributed by atoms with Crippen molar-refractivity contribution >= 4 is 38.5 Å². The van der Waals surface area contributed by atoms with E-state index in [1.54, 1.807) is 0 Å². The third-order valence-corrected chi connectivity index (χ3v) is 8.63. The molecule has 7 rings (SSSR count). The summed E-state index contributed by atoms with van der Waals surface area (Å²) in [5.74, 6) is 3.21. The Kier molecular flexibility index (Phi) is 5.25. The first-order valence-corrected chi connectivity index (χ1v) is 13.3. The molecule has 8 heteroatoms. The Morgan fingerprint density at radius 1 is 1.00 bits per heavy atom. The van der Waals surface area contributed by atoms with E-state index in [0.717, 1.165) is 93.8 Å². The normalized spacial score (nSPS) is 21.5. The Labute approximate surface area is 202 Å². The molecule has 2 aliphatic heterocycles. The molecule has 176 valence electrons. The van der Waals surface area contributed by atoms with E-state index in [0.29, 0.717) is 0 Å². The second-order valence-electron chi connectivity index (χ2n) is 9.69. The van der Waals surface area contributed by atoms with Crippen LogP contribution in [0.25, 0.3) is 21.3 Å². The average molecular weight is 476 g/mol. The topological polar surface area (TPSA) is 67.5 Å². The van der Waals surface area contributed by atoms with Crippen LogP contribution in [0.4, 0.5) is 5.82 Å². The van der Waals surface area contributed by atoms with Gasteiger partial charge in [-0.05, 0) is 49.8 Å². The lowest BCUT2D eigenvalue weighted by atomic mass is 9.97. The van der Waals surface area contributed by atoms with Crippen molar-refractivity contribution in [2.75, 3.05) is 44.3 Å². The van der Waals surface area contributed by atoms with Gasteiger partial charge in [0.25, 0.3) is 0 Å². The number of hydrogen-bond acceptors (Lipinski definition) is 8. The van der Waals surface area contributed by atoms with Gasteiger partial charge in [0.2, 0.25) is 0 Å². The molecule has 4 aromatic rings. The van der Waals surface area contributed by atoms with Crippen molar-refractivity contribution in [1.82, 2.24) is 19.9 Å². The summed E-state index contributed by atoms with van der Waals surface area (Å²) in [6.45, 7) is 6.17. The molecule has 0 amide bonds. The average Bonchev–Trinajstić information content (AvgIpc) is 3.59. The van der Waals surface area contributed by atoms with Crippen LogP contribution in [-0.2, 0) is 24.1 Å². The predicted octanol–water partition coefficient (Wildman–Crippen LogP) is 4.54. The van der Waals surface area contributed by atoms with E-state index in [1.165, 1.54) is 33.5 Å². The zero-order valence-electron chi connectivity index (χ0n) is 19.3. The van der Waals surface area contributed by atoms with Gasteiger partial charge in [-0.15, -0.1) is 11.3 Å². The zero-order valence-corrected chi connectivity index (χ0v) is 20.1. The lowest BCUT2D eigenvalue weighted by Gasteiger charge is -2.33. The second-order valence-corrected chi connectivity index (χ2v) is 10.8. The number of aromatic nitrogens is 3. The molecular formula is C26H29N5O2S. The van der Waals surface area contributed by atoms with Gasteiger partial charge >= 0.3 is 0 Å². The van der Waals surface area contributed by atoms with Crippen LogP contribution in [0.5, 0.6) is 0 Å². The molecule has 0 radical (unpaired) electrons. The summed E-state index contributed by atoms with van der Waals surface area (Å²) in [6, 6.07) is 8.07. The summed E-state index contributed by atoms with van der Waals surface area (Å²) in [6.07, 6.45) is 5.79. The number of ether oxygens (including phenoxy) is 1. The molecule has 7 nitrogen and oxygen atoms in total. The van der Waals surface area contributed by atoms with Crippen LogP contribution in [-0.4, -0.2) is 59.2 Å². The molecule has 0 bridgehead atoms. The van der Waals surface area contributed by atoms with E-state index in [1.807, 2.05) is 35.6 Å². The fourth-order valence-electron chi connectivity index (χ4n) is 5.71. The molecule has 2 fully saturated rings. The first-order valence-electron chi connectivity index (χ1n) is 12.5. The molecule has 2 saturated heterocycles. The molecule has 0 N–H and O–H groups in total. The van der Waals surface area contributed by atoms with Crippen molar-refractivity contribution in [2.24, 2.45) is 0 Å². The van der Waals surface area contributed by atoms with Crippen LogP contribution in [0.2, 0.25) is 0 Å². The van der Waals surface area contributed by atoms with Gasteiger partial charge in [-0.25, -0.2) is 15.0 Å². The van der Waals surface area contributed by atoms with Crippen molar-refractivity contribution in [1.29, 1.82) is 0 Å². The minimum absolute atomic E-state index is 0.278. The Hall–Kier alpha value is -2.55. The van der Waals surface area contributed by atoms with Crippen LogP contribution < -0.4 is 4.90 Å². The van der Waals surface area contributed by atoms with E-state index in [4.69, 9.17) is 24.1 Å². The highest BCUT2D eigenvalue weighted by molar-refractivity contribution is 7.19. The van der Waals surface area contributed by atoms with Gasteiger partial charge in [-0.3, -0.25) is 4.90 Å². The highest BCUT2D eigenvalue weighted by atomic mass is 32.1. The number of piperidine rings is 1. The number of thiophene rings is 1. The van der Waals surface area contributed by atoms with Crippen molar-refractivity contribution < 1.29 is 9.15 Å². The number of anilines is 1. The van der Waals surface area contributed by atoms with Crippen molar-refractivity contribution in [2.45, 2.75) is 44.6 Å². The summed E-state index contributed by atoms with van der Waals surface area (Å²) in [4.78, 5) is 22.7. The lowest BCUT2D eigenvalue weighted by Crippen LogP contribution is -2.37. The molecule has 0 spiro atoms. The summed E-state index contributed by atoms with van der Waals surface area (Å²) < 4.78 is 11.7. The van der Waals surface area contributed by atoms with Gasteiger partial charge in [-0.2, -0.15) is 0 Å². The summed E-state index contributed by atoms with van der Waals surface area (Å²) in [5, 5.41) is 1.31. The van der Waals surface area contributed by atoms with E-state index >= 15 is 0 Å². The summed E-state index contributed by atoms with van der Waals surface area (Å²) >= 11 is 1.89. The number of aryl methyl sites for hydroxylation is 2. The molecular weight excluding hydrogens is 446 g/mol. The highest BCUT2D eigenvalue weighted by Gasteiger charge is 2.30. The number of rotatable bonds is 4. The minimum atomic E-state index is 0.278. The number of fused-ring (bicyclic) bond motifs is 4. The van der Waals surface area contributed by atoms with E-state index in [-0.39, 0.29) is 5.92 Å². The molecule has 3 aliphatic rings. The Balaban J connectivity index is 1.25.